The number of nitrogen functional groups attached to an aromatic ring is 1. The zero-order chi connectivity index (χ0) is 12.4. The van der Waals surface area contributed by atoms with Gasteiger partial charge in [0.05, 0.1) is 5.69 Å². The van der Waals surface area contributed by atoms with Gasteiger partial charge in [0.15, 0.2) is 5.13 Å². The summed E-state index contributed by atoms with van der Waals surface area (Å²) in [6.07, 6.45) is 0. The molecule has 0 radical (unpaired) electrons. The van der Waals surface area contributed by atoms with Crippen LogP contribution >= 0.6 is 11.3 Å². The van der Waals surface area contributed by atoms with Gasteiger partial charge in [-0.2, -0.15) is 0 Å². The fourth-order valence-electron chi connectivity index (χ4n) is 1.31. The van der Waals surface area contributed by atoms with Crippen molar-refractivity contribution in [3.8, 4) is 0 Å². The van der Waals surface area contributed by atoms with Crippen molar-refractivity contribution in [2.45, 2.75) is 6.92 Å². The zero-order valence-electron chi connectivity index (χ0n) is 9.03. The molecule has 0 spiro atoms. The van der Waals surface area contributed by atoms with E-state index in [4.69, 9.17) is 5.73 Å². The number of aryl methyl sites for hydroxylation is 1. The van der Waals surface area contributed by atoms with Gasteiger partial charge in [0.25, 0.3) is 5.91 Å². The highest BCUT2D eigenvalue weighted by molar-refractivity contribution is 7.13. The van der Waals surface area contributed by atoms with E-state index < -0.39 is 11.7 Å². The minimum Gasteiger partial charge on any atom is -0.375 e. The van der Waals surface area contributed by atoms with E-state index in [0.717, 1.165) is 16.9 Å². The molecule has 1 aromatic heterocycles. The Morgan fingerprint density at radius 3 is 2.94 bits per heavy atom. The number of amides is 1. The predicted molar refractivity (Wildman–Crippen MR) is 65.6 cm³/mol. The number of nitrogens with one attached hydrogen (secondary N) is 1. The van der Waals surface area contributed by atoms with Gasteiger partial charge in [0.2, 0.25) is 0 Å². The van der Waals surface area contributed by atoms with Gasteiger partial charge in [-0.05, 0) is 24.6 Å². The molecular formula is C11H10FN3OS. The second kappa shape index (κ2) is 4.50. The summed E-state index contributed by atoms with van der Waals surface area (Å²) < 4.78 is 13.4. The van der Waals surface area contributed by atoms with Gasteiger partial charge in [-0.15, -0.1) is 11.3 Å². The Kier molecular flexibility index (Phi) is 3.06. The van der Waals surface area contributed by atoms with Gasteiger partial charge >= 0.3 is 0 Å². The van der Waals surface area contributed by atoms with Gasteiger partial charge < -0.3 is 11.1 Å². The largest absolute Gasteiger partial charge is 0.375 e. The van der Waals surface area contributed by atoms with Crippen molar-refractivity contribution in [1.29, 1.82) is 0 Å². The first-order valence-electron chi connectivity index (χ1n) is 4.85. The average Bonchev–Trinajstić information content (AvgIpc) is 2.70. The monoisotopic (exact) mass is 251 g/mol. The van der Waals surface area contributed by atoms with E-state index in [1.165, 1.54) is 11.4 Å². The molecule has 0 atom stereocenters. The number of nitrogens with two attached hydrogens (primary N) is 1. The lowest BCUT2D eigenvalue weighted by molar-refractivity contribution is 0.102. The van der Waals surface area contributed by atoms with E-state index in [9.17, 15) is 9.18 Å². The van der Waals surface area contributed by atoms with Crippen molar-refractivity contribution in [2.75, 3.05) is 11.1 Å². The molecule has 0 aliphatic rings. The molecule has 0 saturated carbocycles. The summed E-state index contributed by atoms with van der Waals surface area (Å²) in [6.45, 7) is 1.82. The van der Waals surface area contributed by atoms with Crippen LogP contribution < -0.4 is 11.1 Å². The molecule has 3 N–H and O–H groups in total. The van der Waals surface area contributed by atoms with Gasteiger partial charge in [-0.3, -0.25) is 4.79 Å². The summed E-state index contributed by atoms with van der Waals surface area (Å²) >= 11 is 1.16. The molecule has 17 heavy (non-hydrogen) atoms. The van der Waals surface area contributed by atoms with Crippen molar-refractivity contribution in [2.24, 2.45) is 0 Å². The van der Waals surface area contributed by atoms with Crippen molar-refractivity contribution in [1.82, 2.24) is 4.98 Å². The second-order valence-electron chi connectivity index (χ2n) is 3.51. The first-order chi connectivity index (χ1) is 8.06. The van der Waals surface area contributed by atoms with Gasteiger partial charge in [-0.25, -0.2) is 9.37 Å². The molecule has 0 bridgehead atoms. The highest BCUT2D eigenvalue weighted by Gasteiger charge is 2.12. The minimum atomic E-state index is -0.479. The predicted octanol–water partition coefficient (Wildman–Crippen LogP) is 2.43. The molecular weight excluding hydrogens is 241 g/mol. The second-order valence-corrected chi connectivity index (χ2v) is 4.40. The number of halogens is 1. The third kappa shape index (κ3) is 2.59. The summed E-state index contributed by atoms with van der Waals surface area (Å²) in [5.41, 5.74) is 6.61. The third-order valence-corrected chi connectivity index (χ3v) is 2.80. The average molecular weight is 251 g/mol. The lowest BCUT2D eigenvalue weighted by atomic mass is 10.2. The molecule has 0 aliphatic heterocycles. The van der Waals surface area contributed by atoms with E-state index >= 15 is 0 Å². The standard InChI is InChI=1S/C11H10FN3OS/c1-6-2-3-7(12)8(4-6)14-10(16)9-5-17-11(13)15-9/h2-5H,1H3,(H2,13,15)(H,14,16). The maximum atomic E-state index is 13.4. The van der Waals surface area contributed by atoms with Gasteiger partial charge in [0, 0.05) is 5.38 Å². The van der Waals surface area contributed by atoms with Crippen LogP contribution in [0.4, 0.5) is 15.2 Å². The number of benzene rings is 1. The fourth-order valence-corrected chi connectivity index (χ4v) is 1.86. The van der Waals surface area contributed by atoms with Crippen molar-refractivity contribution < 1.29 is 9.18 Å². The summed E-state index contributed by atoms with van der Waals surface area (Å²) in [7, 11) is 0. The first-order valence-corrected chi connectivity index (χ1v) is 5.73. The summed E-state index contributed by atoms with van der Waals surface area (Å²) in [5, 5.41) is 4.29. The number of anilines is 2. The molecule has 0 unspecified atom stereocenters. The van der Waals surface area contributed by atoms with Crippen LogP contribution in [0, 0.1) is 12.7 Å². The van der Waals surface area contributed by atoms with Crippen molar-refractivity contribution >= 4 is 28.1 Å². The number of hydrogen-bond acceptors (Lipinski definition) is 4. The third-order valence-electron chi connectivity index (χ3n) is 2.12. The molecule has 6 heteroatoms. The van der Waals surface area contributed by atoms with Gasteiger partial charge in [-0.1, -0.05) is 6.07 Å². The summed E-state index contributed by atoms with van der Waals surface area (Å²) in [6, 6.07) is 4.50. The topological polar surface area (TPSA) is 68.0 Å². The van der Waals surface area contributed by atoms with Crippen LogP contribution in [0.2, 0.25) is 0 Å². The van der Waals surface area contributed by atoms with E-state index in [2.05, 4.69) is 10.3 Å². The van der Waals surface area contributed by atoms with E-state index in [1.54, 1.807) is 12.1 Å². The number of carbonyl (C=O) groups excluding carboxylic acids is 1. The first kappa shape index (κ1) is 11.5. The van der Waals surface area contributed by atoms with Crippen LogP contribution in [0.5, 0.6) is 0 Å². The summed E-state index contributed by atoms with van der Waals surface area (Å²) in [4.78, 5) is 15.5. The van der Waals surface area contributed by atoms with Crippen LogP contribution in [0.1, 0.15) is 16.1 Å². The molecule has 2 aromatic rings. The zero-order valence-corrected chi connectivity index (χ0v) is 9.84. The number of carbonyl (C=O) groups is 1. The SMILES string of the molecule is Cc1ccc(F)c(NC(=O)c2csc(N)n2)c1. The molecule has 0 saturated heterocycles. The van der Waals surface area contributed by atoms with E-state index in [0.29, 0.717) is 5.13 Å². The number of hydrogen-bond donors (Lipinski definition) is 2. The lowest BCUT2D eigenvalue weighted by Gasteiger charge is -2.05. The molecule has 88 valence electrons. The van der Waals surface area contributed by atoms with E-state index in [-0.39, 0.29) is 11.4 Å². The van der Waals surface area contributed by atoms with E-state index in [1.807, 2.05) is 6.92 Å². The lowest BCUT2D eigenvalue weighted by Crippen LogP contribution is -2.13. The van der Waals surface area contributed by atoms with Gasteiger partial charge in [0.1, 0.15) is 11.5 Å². The molecule has 1 aromatic carbocycles. The Hall–Kier alpha value is -1.95. The molecule has 4 nitrogen and oxygen atoms in total. The Morgan fingerprint density at radius 1 is 1.53 bits per heavy atom. The molecule has 0 fully saturated rings. The number of thiazole rings is 1. The normalized spacial score (nSPS) is 10.2. The van der Waals surface area contributed by atoms with Crippen molar-refractivity contribution in [3.63, 3.8) is 0 Å². The highest BCUT2D eigenvalue weighted by Crippen LogP contribution is 2.18. The molecule has 2 rings (SSSR count). The van der Waals surface area contributed by atoms with Crippen LogP contribution in [-0.2, 0) is 0 Å². The van der Waals surface area contributed by atoms with Crippen LogP contribution in [0.3, 0.4) is 0 Å². The summed E-state index contributed by atoms with van der Waals surface area (Å²) in [5.74, 6) is -0.949. The number of nitrogens with zero attached hydrogens (tertiary/aromatic N) is 1. The van der Waals surface area contributed by atoms with Crippen LogP contribution in [-0.4, -0.2) is 10.9 Å². The molecule has 0 aliphatic carbocycles. The maximum absolute atomic E-state index is 13.4. The number of rotatable bonds is 2. The quantitative estimate of drug-likeness (QED) is 0.861. The number of aromatic nitrogens is 1. The Labute approximate surface area is 101 Å². The Balaban J connectivity index is 2.21. The fraction of sp³-hybridized carbons (Fsp3) is 0.0909. The minimum absolute atomic E-state index is 0.140. The highest BCUT2D eigenvalue weighted by atomic mass is 32.1. The smallest absolute Gasteiger partial charge is 0.275 e. The molecule has 1 heterocycles. The Bertz CT molecular complexity index is 568. The Morgan fingerprint density at radius 2 is 2.29 bits per heavy atom. The molecule has 1 amide bonds. The van der Waals surface area contributed by atoms with Crippen LogP contribution in [0.25, 0.3) is 0 Å². The van der Waals surface area contributed by atoms with Crippen LogP contribution in [0.15, 0.2) is 23.6 Å². The maximum Gasteiger partial charge on any atom is 0.275 e. The van der Waals surface area contributed by atoms with Crippen molar-refractivity contribution in [3.05, 3.63) is 40.7 Å².